The zero-order valence-corrected chi connectivity index (χ0v) is 26.8. The third kappa shape index (κ3) is 10.0. The summed E-state index contributed by atoms with van der Waals surface area (Å²) in [7, 11) is 0. The highest BCUT2D eigenvalue weighted by atomic mass is 19.4. The van der Waals surface area contributed by atoms with Gasteiger partial charge in [0.25, 0.3) is 0 Å². The summed E-state index contributed by atoms with van der Waals surface area (Å²) < 4.78 is 31.7. The Hall–Kier alpha value is -4.47. The van der Waals surface area contributed by atoms with Gasteiger partial charge in [0.2, 0.25) is 5.91 Å². The molecule has 4 aromatic rings. The molecule has 0 spiro atoms. The summed E-state index contributed by atoms with van der Waals surface area (Å²) in [5.41, 5.74) is 7.60. The molecule has 0 bridgehead atoms. The summed E-state index contributed by atoms with van der Waals surface area (Å²) in [5.74, 6) is -1.93. The summed E-state index contributed by atoms with van der Waals surface area (Å²) in [6, 6.07) is 39.2. The molecule has 1 aliphatic carbocycles. The van der Waals surface area contributed by atoms with Crippen molar-refractivity contribution in [2.24, 2.45) is 5.92 Å². The van der Waals surface area contributed by atoms with Gasteiger partial charge in [-0.15, -0.1) is 0 Å². The largest absolute Gasteiger partial charge is 0.490 e. The van der Waals surface area contributed by atoms with Crippen molar-refractivity contribution in [3.63, 3.8) is 0 Å². The highest BCUT2D eigenvalue weighted by Crippen LogP contribution is 2.49. The number of nitrogens with zero attached hydrogens (tertiary/aromatic N) is 1. The molecule has 3 N–H and O–H groups in total. The summed E-state index contributed by atoms with van der Waals surface area (Å²) in [6.45, 7) is 4.50. The number of carbonyl (C=O) groups excluding carboxylic acids is 1. The van der Waals surface area contributed by atoms with Crippen LogP contribution in [0.3, 0.4) is 0 Å². The smallest absolute Gasteiger partial charge is 0.475 e. The van der Waals surface area contributed by atoms with Gasteiger partial charge in [0.1, 0.15) is 0 Å². The van der Waals surface area contributed by atoms with E-state index in [0.29, 0.717) is 24.4 Å². The average molecular weight is 658 g/mol. The molecule has 1 saturated carbocycles. The minimum absolute atomic E-state index is 0.123. The number of nitrogens with one attached hydrogen (secondary N) is 2. The molecule has 1 amide bonds. The van der Waals surface area contributed by atoms with Crippen LogP contribution in [-0.4, -0.2) is 53.7 Å². The maximum atomic E-state index is 13.8. The minimum Gasteiger partial charge on any atom is -0.475 e. The van der Waals surface area contributed by atoms with Gasteiger partial charge in [-0.2, -0.15) is 13.2 Å². The molecular formula is C39H42F3N3O3. The minimum atomic E-state index is -5.08. The van der Waals surface area contributed by atoms with E-state index >= 15 is 0 Å². The van der Waals surface area contributed by atoms with Gasteiger partial charge in [-0.05, 0) is 84.6 Å². The number of aliphatic carboxylic acids is 1. The second-order valence-corrected chi connectivity index (χ2v) is 12.4. The molecule has 1 heterocycles. The van der Waals surface area contributed by atoms with Gasteiger partial charge in [-0.3, -0.25) is 4.79 Å². The van der Waals surface area contributed by atoms with E-state index in [1.165, 1.54) is 33.4 Å². The van der Waals surface area contributed by atoms with Crippen LogP contribution in [0.5, 0.6) is 0 Å². The topological polar surface area (TPSA) is 81.7 Å². The molecule has 1 aliphatic heterocycles. The number of carboxylic acids is 1. The first-order valence-corrected chi connectivity index (χ1v) is 16.5. The van der Waals surface area contributed by atoms with Gasteiger partial charge in [-0.25, -0.2) is 4.79 Å². The standard InChI is InChI=1S/C37H41N3O.C2HF3O2/c41-37(36-25-35(36)33-9-5-2-6-10-33)40(34-20-23-38-24-21-34)27-30-13-17-32(18-14-30)31-15-11-29(12-16-31)26-39-22-19-28-7-3-1-4-8-28;3-2(4,5)1(6)7/h1-18,34-36,38-39H,19-27H2;(H,6,7)/t35-,36+;/m1./s1. The Balaban J connectivity index is 0.000000582. The summed E-state index contributed by atoms with van der Waals surface area (Å²) >= 11 is 0. The molecule has 0 unspecified atom stereocenters. The fourth-order valence-electron chi connectivity index (χ4n) is 6.18. The molecule has 4 aromatic carbocycles. The quantitative estimate of drug-likeness (QED) is 0.149. The van der Waals surface area contributed by atoms with Crippen molar-refractivity contribution < 1.29 is 27.9 Å². The van der Waals surface area contributed by atoms with Gasteiger partial charge < -0.3 is 20.6 Å². The number of hydrogen-bond acceptors (Lipinski definition) is 4. The van der Waals surface area contributed by atoms with Crippen LogP contribution < -0.4 is 10.6 Å². The lowest BCUT2D eigenvalue weighted by Gasteiger charge is -2.35. The number of alkyl halides is 3. The van der Waals surface area contributed by atoms with Crippen LogP contribution >= 0.6 is 0 Å². The second kappa shape index (κ2) is 16.6. The summed E-state index contributed by atoms with van der Waals surface area (Å²) in [4.78, 5) is 24.9. The van der Waals surface area contributed by atoms with Crippen molar-refractivity contribution in [3.05, 3.63) is 131 Å². The van der Waals surface area contributed by atoms with Crippen LogP contribution in [0.1, 0.15) is 47.4 Å². The first-order chi connectivity index (χ1) is 23.2. The number of halogens is 3. The van der Waals surface area contributed by atoms with Crippen LogP contribution in [-0.2, 0) is 29.1 Å². The molecule has 0 radical (unpaired) electrons. The SMILES string of the molecule is O=C(O)C(F)(F)F.O=C([C@H]1C[C@@H]1c1ccccc1)N(Cc1ccc(-c2ccc(CNCCc3ccccc3)cc2)cc1)C1CCNCC1. The van der Waals surface area contributed by atoms with E-state index in [-0.39, 0.29) is 5.92 Å². The van der Waals surface area contributed by atoms with Gasteiger partial charge >= 0.3 is 12.1 Å². The van der Waals surface area contributed by atoms with Crippen molar-refractivity contribution in [2.75, 3.05) is 19.6 Å². The highest BCUT2D eigenvalue weighted by molar-refractivity contribution is 5.83. The number of carbonyl (C=O) groups is 2. The van der Waals surface area contributed by atoms with Crippen LogP contribution in [0.15, 0.2) is 109 Å². The Morgan fingerprint density at radius 1 is 0.771 bits per heavy atom. The number of benzene rings is 4. The third-order valence-electron chi connectivity index (χ3n) is 8.97. The van der Waals surface area contributed by atoms with E-state index in [1.807, 2.05) is 6.07 Å². The van der Waals surface area contributed by atoms with Crippen LogP contribution in [0, 0.1) is 5.92 Å². The van der Waals surface area contributed by atoms with Gasteiger partial charge in [-0.1, -0.05) is 109 Å². The highest BCUT2D eigenvalue weighted by Gasteiger charge is 2.46. The lowest BCUT2D eigenvalue weighted by atomic mass is 10.00. The maximum Gasteiger partial charge on any atom is 0.490 e. The van der Waals surface area contributed by atoms with E-state index in [9.17, 15) is 18.0 Å². The van der Waals surface area contributed by atoms with Gasteiger partial charge in [0.05, 0.1) is 0 Å². The normalized spacial score (nSPS) is 17.6. The molecule has 48 heavy (non-hydrogen) atoms. The lowest BCUT2D eigenvalue weighted by molar-refractivity contribution is -0.192. The number of rotatable bonds is 11. The average Bonchev–Trinajstić information content (AvgIpc) is 3.92. The molecule has 6 rings (SSSR count). The van der Waals surface area contributed by atoms with Gasteiger partial charge in [0.15, 0.2) is 0 Å². The number of amides is 1. The molecule has 9 heteroatoms. The number of hydrogen-bond donors (Lipinski definition) is 3. The molecular weight excluding hydrogens is 615 g/mol. The Kier molecular flexibility index (Phi) is 12.0. The molecule has 2 aliphatic rings. The number of piperidine rings is 1. The zero-order valence-electron chi connectivity index (χ0n) is 26.8. The van der Waals surface area contributed by atoms with E-state index in [1.54, 1.807) is 0 Å². The molecule has 2 atom stereocenters. The number of carboxylic acid groups (broad SMARTS) is 1. The Morgan fingerprint density at radius 3 is 1.88 bits per heavy atom. The van der Waals surface area contributed by atoms with Gasteiger partial charge in [0, 0.05) is 25.0 Å². The van der Waals surface area contributed by atoms with Crippen LogP contribution in [0.2, 0.25) is 0 Å². The molecule has 6 nitrogen and oxygen atoms in total. The second-order valence-electron chi connectivity index (χ2n) is 12.4. The van der Waals surface area contributed by atoms with Crippen molar-refractivity contribution in [2.45, 2.75) is 56.9 Å². The molecule has 252 valence electrons. The van der Waals surface area contributed by atoms with E-state index in [0.717, 1.165) is 51.9 Å². The Labute approximate surface area is 280 Å². The summed E-state index contributed by atoms with van der Waals surface area (Å²) in [6.07, 6.45) is -1.01. The Bertz CT molecular complexity index is 1590. The first-order valence-electron chi connectivity index (χ1n) is 16.5. The predicted octanol–water partition coefficient (Wildman–Crippen LogP) is 7.20. The first kappa shape index (κ1) is 34.9. The van der Waals surface area contributed by atoms with Crippen LogP contribution in [0.25, 0.3) is 11.1 Å². The van der Waals surface area contributed by atoms with Crippen molar-refractivity contribution in [3.8, 4) is 11.1 Å². The van der Waals surface area contributed by atoms with Crippen molar-refractivity contribution in [1.82, 2.24) is 15.5 Å². The third-order valence-corrected chi connectivity index (χ3v) is 8.97. The predicted molar refractivity (Wildman–Crippen MR) is 181 cm³/mol. The van der Waals surface area contributed by atoms with Crippen molar-refractivity contribution in [1.29, 1.82) is 0 Å². The molecule has 2 fully saturated rings. The molecule has 0 aromatic heterocycles. The maximum absolute atomic E-state index is 13.8. The Morgan fingerprint density at radius 2 is 1.31 bits per heavy atom. The van der Waals surface area contributed by atoms with E-state index in [4.69, 9.17) is 9.90 Å². The lowest BCUT2D eigenvalue weighted by Crippen LogP contribution is -2.46. The van der Waals surface area contributed by atoms with Crippen molar-refractivity contribution >= 4 is 11.9 Å². The van der Waals surface area contributed by atoms with E-state index in [2.05, 4.69) is 119 Å². The van der Waals surface area contributed by atoms with Crippen LogP contribution in [0.4, 0.5) is 13.2 Å². The van der Waals surface area contributed by atoms with E-state index < -0.39 is 12.1 Å². The fraction of sp³-hybridized carbons (Fsp3) is 0.333. The fourth-order valence-corrected chi connectivity index (χ4v) is 6.18. The summed E-state index contributed by atoms with van der Waals surface area (Å²) in [5, 5.41) is 14.1. The molecule has 1 saturated heterocycles. The zero-order chi connectivity index (χ0) is 33.9. The monoisotopic (exact) mass is 657 g/mol.